The van der Waals surface area contributed by atoms with Crippen molar-refractivity contribution in [3.8, 4) is 5.69 Å². The highest BCUT2D eigenvalue weighted by Gasteiger charge is 2.42. The minimum atomic E-state index is -4.94. The zero-order valence-electron chi connectivity index (χ0n) is 14.4. The van der Waals surface area contributed by atoms with Crippen LogP contribution < -0.4 is 5.32 Å². The van der Waals surface area contributed by atoms with Crippen molar-refractivity contribution in [3.05, 3.63) is 78.1 Å². The molecule has 2 N–H and O–H groups in total. The summed E-state index contributed by atoms with van der Waals surface area (Å²) >= 11 is 0. The van der Waals surface area contributed by atoms with Crippen LogP contribution in [0.3, 0.4) is 0 Å². The molecule has 1 heterocycles. The van der Waals surface area contributed by atoms with Crippen LogP contribution in [-0.4, -0.2) is 27.2 Å². The molecule has 1 atom stereocenters. The minimum absolute atomic E-state index is 0.0589. The van der Waals surface area contributed by atoms with Crippen LogP contribution in [0.25, 0.3) is 5.69 Å². The number of aliphatic hydroxyl groups is 1. The Kier molecular flexibility index (Phi) is 5.65. The fourth-order valence-electron chi connectivity index (χ4n) is 2.42. The smallest absolute Gasteiger partial charge is 0.420 e. The van der Waals surface area contributed by atoms with Crippen LogP contribution in [0.4, 0.5) is 23.7 Å². The first kappa shape index (κ1) is 19.4. The van der Waals surface area contributed by atoms with Gasteiger partial charge in [0.05, 0.1) is 17.6 Å². The standard InChI is InChI=1S/C19H16F3N3O3/c20-19(21,22)17(26)16-15(11-25(24-16)14-9-5-2-6-10-14)23-18(27)28-12-13-7-3-1-4-8-13/h1-11,17,26H,12H2,(H,23,27). The number of para-hydroxylation sites is 1. The molecule has 3 aromatic rings. The number of halogens is 3. The molecule has 0 aliphatic heterocycles. The number of anilines is 1. The second kappa shape index (κ2) is 8.13. The molecule has 0 bridgehead atoms. The second-order valence-electron chi connectivity index (χ2n) is 5.84. The molecule has 0 aliphatic rings. The van der Waals surface area contributed by atoms with E-state index < -0.39 is 24.1 Å². The highest BCUT2D eigenvalue weighted by molar-refractivity contribution is 5.85. The summed E-state index contributed by atoms with van der Waals surface area (Å²) < 4.78 is 45.1. The van der Waals surface area contributed by atoms with Crippen molar-refractivity contribution in [1.82, 2.24) is 9.78 Å². The summed E-state index contributed by atoms with van der Waals surface area (Å²) in [5.41, 5.74) is 0.150. The number of benzene rings is 2. The van der Waals surface area contributed by atoms with Gasteiger partial charge in [0.15, 0.2) is 6.10 Å². The maximum Gasteiger partial charge on any atom is 0.420 e. The van der Waals surface area contributed by atoms with Crippen LogP contribution in [0.15, 0.2) is 66.9 Å². The Morgan fingerprint density at radius 2 is 1.71 bits per heavy atom. The third-order valence-corrected chi connectivity index (χ3v) is 3.78. The first-order valence-electron chi connectivity index (χ1n) is 8.22. The maximum absolute atomic E-state index is 13.0. The Bertz CT molecular complexity index is 928. The number of hydrogen-bond acceptors (Lipinski definition) is 4. The Balaban J connectivity index is 1.81. The summed E-state index contributed by atoms with van der Waals surface area (Å²) in [5.74, 6) is 0. The van der Waals surface area contributed by atoms with Crippen LogP contribution in [0.2, 0.25) is 0 Å². The van der Waals surface area contributed by atoms with Crippen molar-refractivity contribution in [2.45, 2.75) is 18.9 Å². The molecule has 146 valence electrons. The molecule has 1 unspecified atom stereocenters. The van der Waals surface area contributed by atoms with Gasteiger partial charge in [-0.1, -0.05) is 48.5 Å². The highest BCUT2D eigenvalue weighted by Crippen LogP contribution is 2.35. The van der Waals surface area contributed by atoms with E-state index in [0.29, 0.717) is 11.3 Å². The fraction of sp³-hybridized carbons (Fsp3) is 0.158. The fourth-order valence-corrected chi connectivity index (χ4v) is 2.42. The van der Waals surface area contributed by atoms with Crippen molar-refractivity contribution >= 4 is 11.8 Å². The molecule has 2 aromatic carbocycles. The number of ether oxygens (including phenoxy) is 1. The number of alkyl halides is 3. The molecule has 9 heteroatoms. The van der Waals surface area contributed by atoms with Crippen LogP contribution in [0.1, 0.15) is 17.4 Å². The summed E-state index contributed by atoms with van der Waals surface area (Å²) in [6, 6.07) is 17.1. The van der Waals surface area contributed by atoms with Gasteiger partial charge in [-0.05, 0) is 17.7 Å². The average molecular weight is 391 g/mol. The van der Waals surface area contributed by atoms with Gasteiger partial charge in [-0.3, -0.25) is 5.32 Å². The monoisotopic (exact) mass is 391 g/mol. The third kappa shape index (κ3) is 4.68. The quantitative estimate of drug-likeness (QED) is 0.683. The van der Waals surface area contributed by atoms with Gasteiger partial charge in [-0.15, -0.1) is 0 Å². The van der Waals surface area contributed by atoms with Gasteiger partial charge >= 0.3 is 12.3 Å². The molecule has 0 saturated carbocycles. The average Bonchev–Trinajstić information content (AvgIpc) is 3.10. The van der Waals surface area contributed by atoms with Crippen LogP contribution in [-0.2, 0) is 11.3 Å². The normalized spacial score (nSPS) is 12.4. The number of nitrogens with one attached hydrogen (secondary N) is 1. The molecule has 0 spiro atoms. The maximum atomic E-state index is 13.0. The molecular weight excluding hydrogens is 375 g/mol. The van der Waals surface area contributed by atoms with Gasteiger partial charge in [-0.25, -0.2) is 9.48 Å². The van der Waals surface area contributed by atoms with Crippen molar-refractivity contribution in [1.29, 1.82) is 0 Å². The van der Waals surface area contributed by atoms with Crippen molar-refractivity contribution in [3.63, 3.8) is 0 Å². The lowest BCUT2D eigenvalue weighted by Crippen LogP contribution is -2.23. The molecule has 0 radical (unpaired) electrons. The van der Waals surface area contributed by atoms with Gasteiger partial charge in [-0.2, -0.15) is 18.3 Å². The van der Waals surface area contributed by atoms with Gasteiger partial charge < -0.3 is 9.84 Å². The topological polar surface area (TPSA) is 76.4 Å². The Morgan fingerprint density at radius 3 is 2.32 bits per heavy atom. The zero-order valence-corrected chi connectivity index (χ0v) is 14.4. The molecule has 0 fully saturated rings. The van der Waals surface area contributed by atoms with Crippen LogP contribution >= 0.6 is 0 Å². The molecule has 1 aromatic heterocycles. The van der Waals surface area contributed by atoms with E-state index in [9.17, 15) is 23.1 Å². The molecule has 0 saturated heterocycles. The van der Waals surface area contributed by atoms with E-state index in [4.69, 9.17) is 4.74 Å². The van der Waals surface area contributed by atoms with Gasteiger partial charge in [0, 0.05) is 0 Å². The predicted molar refractivity (Wildman–Crippen MR) is 94.8 cm³/mol. The lowest BCUT2D eigenvalue weighted by molar-refractivity contribution is -0.207. The Hall–Kier alpha value is -3.33. The summed E-state index contributed by atoms with van der Waals surface area (Å²) in [6.07, 6.45) is -7.59. The molecule has 1 amide bonds. The number of hydrogen-bond donors (Lipinski definition) is 2. The third-order valence-electron chi connectivity index (χ3n) is 3.78. The largest absolute Gasteiger partial charge is 0.444 e. The molecular formula is C19H16F3N3O3. The van der Waals surface area contributed by atoms with Crippen molar-refractivity contribution in [2.24, 2.45) is 0 Å². The van der Waals surface area contributed by atoms with E-state index in [1.807, 2.05) is 0 Å². The highest BCUT2D eigenvalue weighted by atomic mass is 19.4. The van der Waals surface area contributed by atoms with E-state index in [1.165, 1.54) is 6.20 Å². The molecule has 28 heavy (non-hydrogen) atoms. The van der Waals surface area contributed by atoms with Crippen molar-refractivity contribution < 1.29 is 27.8 Å². The number of amides is 1. The Morgan fingerprint density at radius 1 is 1.11 bits per heavy atom. The Labute approximate surface area is 158 Å². The number of carbonyl (C=O) groups excluding carboxylic acids is 1. The number of aromatic nitrogens is 2. The SMILES string of the molecule is O=C(Nc1cn(-c2ccccc2)nc1C(O)C(F)(F)F)OCc1ccccc1. The first-order valence-corrected chi connectivity index (χ1v) is 8.22. The zero-order chi connectivity index (χ0) is 20.1. The van der Waals surface area contributed by atoms with E-state index in [1.54, 1.807) is 60.7 Å². The van der Waals surface area contributed by atoms with E-state index in [-0.39, 0.29) is 12.3 Å². The number of aliphatic hydroxyl groups excluding tert-OH is 1. The summed E-state index contributed by atoms with van der Waals surface area (Å²) in [4.78, 5) is 12.0. The van der Waals surface area contributed by atoms with Crippen molar-refractivity contribution in [2.75, 3.05) is 5.32 Å². The lowest BCUT2D eigenvalue weighted by Gasteiger charge is -2.14. The van der Waals surface area contributed by atoms with E-state index >= 15 is 0 Å². The lowest BCUT2D eigenvalue weighted by atomic mass is 10.2. The molecule has 6 nitrogen and oxygen atoms in total. The summed E-state index contributed by atoms with van der Waals surface area (Å²) in [5, 5.41) is 15.6. The summed E-state index contributed by atoms with van der Waals surface area (Å²) in [6.45, 7) is -0.0589. The molecule has 3 rings (SSSR count). The van der Waals surface area contributed by atoms with Crippen LogP contribution in [0.5, 0.6) is 0 Å². The molecule has 0 aliphatic carbocycles. The number of nitrogens with zero attached hydrogens (tertiary/aromatic N) is 2. The van der Waals surface area contributed by atoms with Gasteiger partial charge in [0.25, 0.3) is 0 Å². The first-order chi connectivity index (χ1) is 13.3. The number of carbonyl (C=O) groups is 1. The number of rotatable bonds is 5. The van der Waals surface area contributed by atoms with E-state index in [2.05, 4.69) is 10.4 Å². The predicted octanol–water partition coefficient (Wildman–Crippen LogP) is 4.22. The van der Waals surface area contributed by atoms with Crippen LogP contribution in [0, 0.1) is 0 Å². The van der Waals surface area contributed by atoms with E-state index in [0.717, 1.165) is 4.68 Å². The minimum Gasteiger partial charge on any atom is -0.444 e. The summed E-state index contributed by atoms with van der Waals surface area (Å²) in [7, 11) is 0. The van der Waals surface area contributed by atoms with Gasteiger partial charge in [0.1, 0.15) is 12.3 Å². The van der Waals surface area contributed by atoms with Gasteiger partial charge in [0.2, 0.25) is 0 Å². The second-order valence-corrected chi connectivity index (χ2v) is 5.84.